The summed E-state index contributed by atoms with van der Waals surface area (Å²) < 4.78 is 10.8. The lowest BCUT2D eigenvalue weighted by Gasteiger charge is -2.12. The van der Waals surface area contributed by atoms with Gasteiger partial charge in [-0.05, 0) is 32.0 Å². The zero-order valence-corrected chi connectivity index (χ0v) is 19.2. The molecule has 3 aromatic rings. The summed E-state index contributed by atoms with van der Waals surface area (Å²) in [6.07, 6.45) is 0. The maximum Gasteiger partial charge on any atom is 0.361 e. The number of hydrogen-bond donors (Lipinski definition) is 1. The van der Waals surface area contributed by atoms with Gasteiger partial charge in [-0.2, -0.15) is 0 Å². The normalized spacial score (nSPS) is 10.4. The monoisotopic (exact) mass is 484 g/mol. The Labute approximate surface area is 199 Å². The van der Waals surface area contributed by atoms with Crippen molar-refractivity contribution in [1.82, 2.24) is 15.0 Å². The number of ether oxygens (including phenoxy) is 2. The zero-order valence-electron chi connectivity index (χ0n) is 18.4. The van der Waals surface area contributed by atoms with Crippen molar-refractivity contribution in [3.8, 4) is 0 Å². The van der Waals surface area contributed by atoms with Crippen LogP contribution in [0.1, 0.15) is 50.7 Å². The summed E-state index contributed by atoms with van der Waals surface area (Å²) in [5, 5.41) is 10.4. The number of aromatic nitrogens is 3. The van der Waals surface area contributed by atoms with Gasteiger partial charge in [-0.3, -0.25) is 9.59 Å². The standard InChI is InChI=1S/C23H21ClN4O6/c1-3-33-22(31)19-20(23(32)34-4-2)28(27-26-19)13-18(29)25-17-11-10-15(24)12-16(17)21(30)14-8-6-5-7-9-14/h5-12H,3-4,13H2,1-2H3,(H,25,29). The van der Waals surface area contributed by atoms with Crippen LogP contribution in [0.2, 0.25) is 5.02 Å². The van der Waals surface area contributed by atoms with Crippen LogP contribution in [0.5, 0.6) is 0 Å². The Bertz CT molecular complexity index is 1230. The molecule has 2 aromatic carbocycles. The molecular formula is C23H21ClN4O6. The quantitative estimate of drug-likeness (QED) is 0.362. The van der Waals surface area contributed by atoms with Crippen molar-refractivity contribution in [3.63, 3.8) is 0 Å². The van der Waals surface area contributed by atoms with Crippen molar-refractivity contribution < 1.29 is 28.7 Å². The molecule has 0 radical (unpaired) electrons. The van der Waals surface area contributed by atoms with Gasteiger partial charge in [-0.1, -0.05) is 47.1 Å². The number of nitrogens with one attached hydrogen (secondary N) is 1. The van der Waals surface area contributed by atoms with Crippen LogP contribution in [0.25, 0.3) is 0 Å². The fourth-order valence-corrected chi connectivity index (χ4v) is 3.22. The molecule has 1 amide bonds. The van der Waals surface area contributed by atoms with Gasteiger partial charge >= 0.3 is 11.9 Å². The van der Waals surface area contributed by atoms with Crippen LogP contribution >= 0.6 is 11.6 Å². The van der Waals surface area contributed by atoms with E-state index in [2.05, 4.69) is 15.6 Å². The number of halogens is 1. The Kier molecular flexibility index (Phi) is 8.10. The molecule has 34 heavy (non-hydrogen) atoms. The first kappa shape index (κ1) is 24.6. The molecule has 176 valence electrons. The van der Waals surface area contributed by atoms with E-state index in [0.29, 0.717) is 10.6 Å². The largest absolute Gasteiger partial charge is 0.461 e. The van der Waals surface area contributed by atoms with Crippen molar-refractivity contribution >= 4 is 40.9 Å². The minimum atomic E-state index is -0.880. The highest BCUT2D eigenvalue weighted by Crippen LogP contribution is 2.24. The number of ketones is 1. The molecular weight excluding hydrogens is 464 g/mol. The second-order valence-corrected chi connectivity index (χ2v) is 7.25. The van der Waals surface area contributed by atoms with Gasteiger partial charge in [0, 0.05) is 16.1 Å². The van der Waals surface area contributed by atoms with Gasteiger partial charge in [0.25, 0.3) is 0 Å². The number of hydrogen-bond acceptors (Lipinski definition) is 8. The zero-order chi connectivity index (χ0) is 24.7. The minimum Gasteiger partial charge on any atom is -0.461 e. The molecule has 0 atom stereocenters. The molecule has 0 aliphatic carbocycles. The number of esters is 2. The molecule has 0 aliphatic rings. The molecule has 0 spiro atoms. The summed E-state index contributed by atoms with van der Waals surface area (Å²) in [5.74, 6) is -2.72. The van der Waals surface area contributed by atoms with Crippen molar-refractivity contribution in [1.29, 1.82) is 0 Å². The topological polar surface area (TPSA) is 129 Å². The van der Waals surface area contributed by atoms with Gasteiger partial charge in [-0.15, -0.1) is 5.10 Å². The highest BCUT2D eigenvalue weighted by Gasteiger charge is 2.28. The van der Waals surface area contributed by atoms with Crippen molar-refractivity contribution in [2.24, 2.45) is 0 Å². The second kappa shape index (κ2) is 11.2. The third kappa shape index (κ3) is 5.65. The Balaban J connectivity index is 1.87. The molecule has 10 nitrogen and oxygen atoms in total. The summed E-state index contributed by atoms with van der Waals surface area (Å²) in [6.45, 7) is 2.80. The number of amides is 1. The van der Waals surface area contributed by atoms with Crippen LogP contribution in [0.3, 0.4) is 0 Å². The van der Waals surface area contributed by atoms with Gasteiger partial charge in [-0.25, -0.2) is 14.3 Å². The first-order chi connectivity index (χ1) is 16.3. The number of benzene rings is 2. The minimum absolute atomic E-state index is 0.0359. The number of nitrogens with zero attached hydrogens (tertiary/aromatic N) is 3. The SMILES string of the molecule is CCOC(=O)c1nnn(CC(=O)Nc2ccc(Cl)cc2C(=O)c2ccccc2)c1C(=O)OCC. The summed E-state index contributed by atoms with van der Waals surface area (Å²) in [6, 6.07) is 13.0. The van der Waals surface area contributed by atoms with Crippen molar-refractivity contribution in [2.45, 2.75) is 20.4 Å². The number of carbonyl (C=O) groups excluding carboxylic acids is 4. The summed E-state index contributed by atoms with van der Waals surface area (Å²) in [5.41, 5.74) is 0.141. The van der Waals surface area contributed by atoms with Crippen LogP contribution in [0, 0.1) is 0 Å². The Hall–Kier alpha value is -4.05. The lowest BCUT2D eigenvalue weighted by molar-refractivity contribution is -0.117. The van der Waals surface area contributed by atoms with Crippen molar-refractivity contribution in [2.75, 3.05) is 18.5 Å². The Morgan fingerprint density at radius 3 is 2.32 bits per heavy atom. The molecule has 1 heterocycles. The fourth-order valence-electron chi connectivity index (χ4n) is 3.05. The van der Waals surface area contributed by atoms with Crippen LogP contribution in [0.4, 0.5) is 5.69 Å². The predicted octanol–water partition coefficient (Wildman–Crippen LogP) is 3.15. The van der Waals surface area contributed by atoms with Crippen LogP contribution in [-0.4, -0.2) is 51.8 Å². The van der Waals surface area contributed by atoms with Crippen LogP contribution < -0.4 is 5.32 Å². The molecule has 1 N–H and O–H groups in total. The third-order valence-corrected chi connectivity index (χ3v) is 4.74. The Morgan fingerprint density at radius 2 is 1.65 bits per heavy atom. The molecule has 0 saturated heterocycles. The Morgan fingerprint density at radius 1 is 0.971 bits per heavy atom. The number of rotatable bonds is 9. The summed E-state index contributed by atoms with van der Waals surface area (Å²) in [4.78, 5) is 50.3. The van der Waals surface area contributed by atoms with Gasteiger partial charge in [0.2, 0.25) is 11.6 Å². The van der Waals surface area contributed by atoms with E-state index >= 15 is 0 Å². The van der Waals surface area contributed by atoms with E-state index in [1.165, 1.54) is 18.2 Å². The lowest BCUT2D eigenvalue weighted by atomic mass is 10.0. The van der Waals surface area contributed by atoms with E-state index < -0.39 is 24.4 Å². The van der Waals surface area contributed by atoms with E-state index in [4.69, 9.17) is 21.1 Å². The highest BCUT2D eigenvalue weighted by atomic mass is 35.5. The van der Waals surface area contributed by atoms with Gasteiger partial charge in [0.05, 0.1) is 18.9 Å². The van der Waals surface area contributed by atoms with E-state index in [0.717, 1.165) is 4.68 Å². The summed E-state index contributed by atoms with van der Waals surface area (Å²) >= 11 is 6.08. The second-order valence-electron chi connectivity index (χ2n) is 6.82. The molecule has 11 heteroatoms. The van der Waals surface area contributed by atoms with Crippen LogP contribution in [-0.2, 0) is 20.8 Å². The van der Waals surface area contributed by atoms with E-state index in [1.54, 1.807) is 44.2 Å². The highest BCUT2D eigenvalue weighted by molar-refractivity contribution is 6.31. The molecule has 0 saturated carbocycles. The first-order valence-corrected chi connectivity index (χ1v) is 10.7. The first-order valence-electron chi connectivity index (χ1n) is 10.3. The number of anilines is 1. The van der Waals surface area contributed by atoms with E-state index in [9.17, 15) is 19.2 Å². The molecule has 3 rings (SSSR count). The summed E-state index contributed by atoms with van der Waals surface area (Å²) in [7, 11) is 0. The lowest BCUT2D eigenvalue weighted by Crippen LogP contribution is -2.25. The maximum atomic E-state index is 13.0. The smallest absolute Gasteiger partial charge is 0.361 e. The molecule has 0 unspecified atom stereocenters. The average molecular weight is 485 g/mol. The van der Waals surface area contributed by atoms with Crippen molar-refractivity contribution in [3.05, 3.63) is 76.1 Å². The molecule has 0 aliphatic heterocycles. The number of carbonyl (C=O) groups is 4. The molecule has 1 aromatic heterocycles. The van der Waals surface area contributed by atoms with Crippen LogP contribution in [0.15, 0.2) is 48.5 Å². The van der Waals surface area contributed by atoms with Gasteiger partial charge in [0.1, 0.15) is 6.54 Å². The van der Waals surface area contributed by atoms with Gasteiger partial charge in [0.15, 0.2) is 11.5 Å². The predicted molar refractivity (Wildman–Crippen MR) is 122 cm³/mol. The fraction of sp³-hybridized carbons (Fsp3) is 0.217. The molecule has 0 bridgehead atoms. The van der Waals surface area contributed by atoms with E-state index in [1.807, 2.05) is 0 Å². The average Bonchev–Trinajstić information content (AvgIpc) is 3.24. The van der Waals surface area contributed by atoms with Gasteiger partial charge < -0.3 is 14.8 Å². The molecule has 0 fully saturated rings. The maximum absolute atomic E-state index is 13.0. The van der Waals surface area contributed by atoms with E-state index in [-0.39, 0.29) is 41.6 Å². The third-order valence-electron chi connectivity index (χ3n) is 4.50.